The van der Waals surface area contributed by atoms with E-state index in [2.05, 4.69) is 164 Å². The van der Waals surface area contributed by atoms with E-state index in [1.165, 1.54) is 74.9 Å². The first kappa shape index (κ1) is 30.0. The van der Waals surface area contributed by atoms with Crippen LogP contribution in [0.5, 0.6) is 0 Å². The first-order chi connectivity index (χ1) is 25.1. The number of aryl methyl sites for hydroxylation is 1. The molecule has 0 N–H and O–H groups in total. The molecule has 0 saturated heterocycles. The number of para-hydroxylation sites is 3. The minimum Gasteiger partial charge on any atom is -0.454 e. The Hall–Kier alpha value is -5.86. The zero-order valence-corrected chi connectivity index (χ0v) is 29.1. The fourth-order valence-corrected chi connectivity index (χ4v) is 8.93. The first-order valence-corrected chi connectivity index (χ1v) is 18.3. The predicted molar refractivity (Wildman–Crippen MR) is 213 cm³/mol. The molecule has 2 aliphatic rings. The Labute approximate surface area is 299 Å². The molecule has 0 amide bonds. The number of benzene rings is 7. The quantitative estimate of drug-likeness (QED) is 0.183. The van der Waals surface area contributed by atoms with Crippen LogP contribution < -0.4 is 4.90 Å². The molecule has 0 bridgehead atoms. The van der Waals surface area contributed by atoms with Gasteiger partial charge in [-0.25, -0.2) is 0 Å². The standard InChI is InChI=1S/C49H39NO/c1-49(2)43-23-10-8-19-38(43)42-30-41(34-28-26-33(27-29-34)37-21-12-15-32-14-6-7-18-36(32)37)46(31-44(42)49)50(35-16-4-3-5-17-35)45-24-13-22-40-39-20-9-11-25-47(39)51-48(40)45/h3-5,8-13,15-17,19-31H,6-7,14,18H2,1-2H3. The van der Waals surface area contributed by atoms with E-state index in [0.29, 0.717) is 0 Å². The third-order valence-corrected chi connectivity index (χ3v) is 11.5. The second kappa shape index (κ2) is 11.6. The van der Waals surface area contributed by atoms with Gasteiger partial charge in [0.15, 0.2) is 5.58 Å². The van der Waals surface area contributed by atoms with Crippen molar-refractivity contribution in [3.05, 3.63) is 174 Å². The van der Waals surface area contributed by atoms with Crippen molar-refractivity contribution in [3.8, 4) is 33.4 Å². The van der Waals surface area contributed by atoms with Crippen LogP contribution >= 0.6 is 0 Å². The maximum atomic E-state index is 6.71. The van der Waals surface area contributed by atoms with Crippen LogP contribution in [-0.4, -0.2) is 0 Å². The number of fused-ring (bicyclic) bond motifs is 7. The van der Waals surface area contributed by atoms with Gasteiger partial charge in [0.2, 0.25) is 0 Å². The molecule has 0 spiro atoms. The molecule has 1 heterocycles. The van der Waals surface area contributed by atoms with Gasteiger partial charge in [0.25, 0.3) is 0 Å². The van der Waals surface area contributed by atoms with Crippen molar-refractivity contribution in [3.63, 3.8) is 0 Å². The van der Waals surface area contributed by atoms with Crippen molar-refractivity contribution in [1.82, 2.24) is 0 Å². The Morgan fingerprint density at radius 3 is 2.06 bits per heavy atom. The highest BCUT2D eigenvalue weighted by Crippen LogP contribution is 2.54. The smallest absolute Gasteiger partial charge is 0.159 e. The van der Waals surface area contributed by atoms with Gasteiger partial charge in [-0.15, -0.1) is 0 Å². The fourth-order valence-electron chi connectivity index (χ4n) is 8.93. The maximum absolute atomic E-state index is 6.71. The van der Waals surface area contributed by atoms with Crippen LogP contribution in [0.2, 0.25) is 0 Å². The average Bonchev–Trinajstić information content (AvgIpc) is 3.67. The van der Waals surface area contributed by atoms with Gasteiger partial charge in [0.1, 0.15) is 5.58 Å². The van der Waals surface area contributed by atoms with Crippen LogP contribution in [0.1, 0.15) is 48.9 Å². The topological polar surface area (TPSA) is 16.4 Å². The normalized spacial score (nSPS) is 14.3. The van der Waals surface area contributed by atoms with Gasteiger partial charge in [0.05, 0.1) is 11.4 Å². The lowest BCUT2D eigenvalue weighted by Crippen LogP contribution is -2.17. The van der Waals surface area contributed by atoms with E-state index in [1.807, 2.05) is 6.07 Å². The van der Waals surface area contributed by atoms with Crippen LogP contribution in [0, 0.1) is 0 Å². The van der Waals surface area contributed by atoms with Crippen LogP contribution in [0.25, 0.3) is 55.3 Å². The van der Waals surface area contributed by atoms with E-state index < -0.39 is 0 Å². The van der Waals surface area contributed by atoms with Gasteiger partial charge in [0, 0.05) is 27.4 Å². The summed E-state index contributed by atoms with van der Waals surface area (Å²) in [7, 11) is 0. The molecule has 0 saturated carbocycles. The van der Waals surface area contributed by atoms with Crippen LogP contribution in [0.4, 0.5) is 17.1 Å². The molecule has 8 aromatic rings. The summed E-state index contributed by atoms with van der Waals surface area (Å²) in [6, 6.07) is 55.7. The van der Waals surface area contributed by atoms with Crippen LogP contribution in [0.15, 0.2) is 156 Å². The van der Waals surface area contributed by atoms with Gasteiger partial charge in [-0.3, -0.25) is 0 Å². The molecule has 0 radical (unpaired) electrons. The van der Waals surface area contributed by atoms with E-state index in [-0.39, 0.29) is 5.41 Å². The highest BCUT2D eigenvalue weighted by atomic mass is 16.3. The SMILES string of the molecule is CC1(C)c2ccccc2-c2cc(-c3ccc(-c4cccc5c4CCCC5)cc3)c(N(c3ccccc3)c3cccc4c3oc3ccccc34)cc21. The molecule has 2 nitrogen and oxygen atoms in total. The molecule has 246 valence electrons. The monoisotopic (exact) mass is 657 g/mol. The lowest BCUT2D eigenvalue weighted by molar-refractivity contribution is 0.660. The Bertz CT molecular complexity index is 2610. The molecule has 51 heavy (non-hydrogen) atoms. The highest BCUT2D eigenvalue weighted by Gasteiger charge is 2.37. The number of rotatable bonds is 5. The van der Waals surface area contributed by atoms with Crippen LogP contribution in [0.3, 0.4) is 0 Å². The largest absolute Gasteiger partial charge is 0.454 e. The summed E-state index contributed by atoms with van der Waals surface area (Å²) in [6.45, 7) is 4.73. The van der Waals surface area contributed by atoms with Crippen molar-refractivity contribution in [2.24, 2.45) is 0 Å². The van der Waals surface area contributed by atoms with Crippen LogP contribution in [-0.2, 0) is 18.3 Å². The Kier molecular flexibility index (Phi) is 6.83. The summed E-state index contributed by atoms with van der Waals surface area (Å²) < 4.78 is 6.71. The Balaban J connectivity index is 1.23. The van der Waals surface area contributed by atoms with E-state index in [0.717, 1.165) is 45.4 Å². The minimum absolute atomic E-state index is 0.150. The lowest BCUT2D eigenvalue weighted by atomic mass is 9.81. The third-order valence-electron chi connectivity index (χ3n) is 11.5. The molecular formula is C49H39NO. The van der Waals surface area contributed by atoms with Gasteiger partial charge >= 0.3 is 0 Å². The molecule has 1 aromatic heterocycles. The second-order valence-corrected chi connectivity index (χ2v) is 14.7. The summed E-state index contributed by atoms with van der Waals surface area (Å²) in [5.41, 5.74) is 18.3. The summed E-state index contributed by atoms with van der Waals surface area (Å²) in [5.74, 6) is 0. The molecule has 2 aliphatic carbocycles. The molecule has 0 unspecified atom stereocenters. The minimum atomic E-state index is -0.150. The second-order valence-electron chi connectivity index (χ2n) is 14.7. The number of anilines is 3. The van der Waals surface area contributed by atoms with Crippen molar-refractivity contribution in [1.29, 1.82) is 0 Å². The molecule has 0 atom stereocenters. The molecular weight excluding hydrogens is 619 g/mol. The number of nitrogens with zero attached hydrogens (tertiary/aromatic N) is 1. The molecule has 7 aromatic carbocycles. The summed E-state index contributed by atoms with van der Waals surface area (Å²) in [6.07, 6.45) is 4.91. The van der Waals surface area contributed by atoms with E-state index in [9.17, 15) is 0 Å². The zero-order chi connectivity index (χ0) is 34.1. The highest BCUT2D eigenvalue weighted by molar-refractivity contribution is 6.11. The summed E-state index contributed by atoms with van der Waals surface area (Å²) in [5, 5.41) is 2.25. The van der Waals surface area contributed by atoms with Gasteiger partial charge in [-0.05, 0) is 112 Å². The maximum Gasteiger partial charge on any atom is 0.159 e. The van der Waals surface area contributed by atoms with Gasteiger partial charge < -0.3 is 9.32 Å². The molecule has 0 fully saturated rings. The Morgan fingerprint density at radius 1 is 0.510 bits per heavy atom. The molecule has 2 heteroatoms. The fraction of sp³-hybridized carbons (Fsp3) is 0.143. The van der Waals surface area contributed by atoms with E-state index in [4.69, 9.17) is 4.42 Å². The zero-order valence-electron chi connectivity index (χ0n) is 29.1. The molecule has 10 rings (SSSR count). The summed E-state index contributed by atoms with van der Waals surface area (Å²) >= 11 is 0. The first-order valence-electron chi connectivity index (χ1n) is 18.3. The van der Waals surface area contributed by atoms with Gasteiger partial charge in [-0.2, -0.15) is 0 Å². The molecule has 0 aliphatic heterocycles. The van der Waals surface area contributed by atoms with E-state index in [1.54, 1.807) is 0 Å². The predicted octanol–water partition coefficient (Wildman–Crippen LogP) is 13.6. The summed E-state index contributed by atoms with van der Waals surface area (Å²) in [4.78, 5) is 2.42. The average molecular weight is 658 g/mol. The van der Waals surface area contributed by atoms with Crippen molar-refractivity contribution in [2.45, 2.75) is 44.9 Å². The van der Waals surface area contributed by atoms with Crippen molar-refractivity contribution >= 4 is 39.0 Å². The lowest BCUT2D eigenvalue weighted by Gasteiger charge is -2.30. The number of hydrogen-bond acceptors (Lipinski definition) is 2. The van der Waals surface area contributed by atoms with E-state index >= 15 is 0 Å². The third kappa shape index (κ3) is 4.70. The Morgan fingerprint density at radius 2 is 1.20 bits per heavy atom. The van der Waals surface area contributed by atoms with Gasteiger partial charge in [-0.1, -0.05) is 129 Å². The van der Waals surface area contributed by atoms with Crippen molar-refractivity contribution in [2.75, 3.05) is 4.90 Å². The van der Waals surface area contributed by atoms with Crippen molar-refractivity contribution < 1.29 is 4.42 Å². The number of hydrogen-bond donors (Lipinski definition) is 0. The number of furan rings is 1.